The number of hydrogen-bond acceptors (Lipinski definition) is 2. The fourth-order valence-electron chi connectivity index (χ4n) is 1.61. The average molecular weight is 324 g/mol. The van der Waals surface area contributed by atoms with Crippen LogP contribution >= 0.6 is 15.9 Å². The number of halogens is 2. The number of rotatable bonds is 3. The van der Waals surface area contributed by atoms with Crippen LogP contribution in [0.5, 0.6) is 5.75 Å². The summed E-state index contributed by atoms with van der Waals surface area (Å²) < 4.78 is 13.6. The van der Waals surface area contributed by atoms with Gasteiger partial charge in [0.25, 0.3) is 0 Å². The number of anilines is 1. The van der Waals surface area contributed by atoms with Gasteiger partial charge in [-0.05, 0) is 40.2 Å². The molecule has 0 aliphatic rings. The SMILES string of the molecule is O=C(Cc1ccccc1O)Nc1ccc(Br)c(F)c1. The molecule has 0 bridgehead atoms. The van der Waals surface area contributed by atoms with Crippen LogP contribution in [0.2, 0.25) is 0 Å². The first kappa shape index (κ1) is 13.5. The molecule has 19 heavy (non-hydrogen) atoms. The topological polar surface area (TPSA) is 49.3 Å². The van der Waals surface area contributed by atoms with E-state index in [4.69, 9.17) is 0 Å². The minimum absolute atomic E-state index is 0.0321. The number of carbonyl (C=O) groups excluding carboxylic acids is 1. The van der Waals surface area contributed by atoms with E-state index in [-0.39, 0.29) is 18.1 Å². The molecule has 0 spiro atoms. The largest absolute Gasteiger partial charge is 0.508 e. The van der Waals surface area contributed by atoms with Crippen molar-refractivity contribution in [2.45, 2.75) is 6.42 Å². The zero-order chi connectivity index (χ0) is 13.8. The van der Waals surface area contributed by atoms with Gasteiger partial charge in [0.15, 0.2) is 0 Å². The van der Waals surface area contributed by atoms with E-state index in [9.17, 15) is 14.3 Å². The predicted octanol–water partition coefficient (Wildman–Crippen LogP) is 3.48. The van der Waals surface area contributed by atoms with Crippen LogP contribution in [0.1, 0.15) is 5.56 Å². The smallest absolute Gasteiger partial charge is 0.228 e. The van der Waals surface area contributed by atoms with Crippen molar-refractivity contribution >= 4 is 27.5 Å². The number of amides is 1. The molecule has 0 radical (unpaired) electrons. The molecule has 0 fully saturated rings. The van der Waals surface area contributed by atoms with Crippen LogP contribution in [-0.4, -0.2) is 11.0 Å². The van der Waals surface area contributed by atoms with Gasteiger partial charge in [0.2, 0.25) is 5.91 Å². The third kappa shape index (κ3) is 3.54. The predicted molar refractivity (Wildman–Crippen MR) is 74.5 cm³/mol. The molecular formula is C14H11BrFNO2. The standard InChI is InChI=1S/C14H11BrFNO2/c15-11-6-5-10(8-12(11)16)17-14(19)7-9-3-1-2-4-13(9)18/h1-6,8,18H,7H2,(H,17,19). The van der Waals surface area contributed by atoms with E-state index in [0.29, 0.717) is 15.7 Å². The first-order valence-corrected chi connectivity index (χ1v) is 6.37. The summed E-state index contributed by atoms with van der Waals surface area (Å²) in [4.78, 5) is 11.8. The van der Waals surface area contributed by atoms with Crippen molar-refractivity contribution < 1.29 is 14.3 Å². The van der Waals surface area contributed by atoms with Gasteiger partial charge in [-0.25, -0.2) is 4.39 Å². The molecule has 2 N–H and O–H groups in total. The highest BCUT2D eigenvalue weighted by Gasteiger charge is 2.08. The summed E-state index contributed by atoms with van der Waals surface area (Å²) >= 11 is 3.04. The van der Waals surface area contributed by atoms with Crippen LogP contribution < -0.4 is 5.32 Å². The molecule has 2 rings (SSSR count). The molecular weight excluding hydrogens is 313 g/mol. The van der Waals surface area contributed by atoms with Gasteiger partial charge >= 0.3 is 0 Å². The van der Waals surface area contributed by atoms with Crippen molar-refractivity contribution in [3.05, 3.63) is 58.3 Å². The van der Waals surface area contributed by atoms with Crippen molar-refractivity contribution in [1.82, 2.24) is 0 Å². The molecule has 0 aliphatic carbocycles. The van der Waals surface area contributed by atoms with Gasteiger partial charge in [0, 0.05) is 11.3 Å². The maximum Gasteiger partial charge on any atom is 0.228 e. The number of nitrogens with one attached hydrogen (secondary N) is 1. The Morgan fingerprint density at radius 1 is 1.26 bits per heavy atom. The Morgan fingerprint density at radius 2 is 2.00 bits per heavy atom. The molecule has 0 atom stereocenters. The zero-order valence-corrected chi connectivity index (χ0v) is 11.4. The quantitative estimate of drug-likeness (QED) is 0.908. The van der Waals surface area contributed by atoms with Crippen LogP contribution in [0.4, 0.5) is 10.1 Å². The summed E-state index contributed by atoms with van der Waals surface area (Å²) in [5.41, 5.74) is 0.902. The van der Waals surface area contributed by atoms with Gasteiger partial charge in [0.1, 0.15) is 11.6 Å². The lowest BCUT2D eigenvalue weighted by molar-refractivity contribution is -0.115. The molecule has 0 aliphatic heterocycles. The maximum atomic E-state index is 13.3. The molecule has 0 saturated carbocycles. The van der Waals surface area contributed by atoms with Gasteiger partial charge in [-0.15, -0.1) is 0 Å². The summed E-state index contributed by atoms with van der Waals surface area (Å²) in [6, 6.07) is 10.9. The summed E-state index contributed by atoms with van der Waals surface area (Å²) in [6.45, 7) is 0. The molecule has 98 valence electrons. The minimum Gasteiger partial charge on any atom is -0.508 e. The summed E-state index contributed by atoms with van der Waals surface area (Å²) in [5.74, 6) is -0.691. The molecule has 0 aromatic heterocycles. The van der Waals surface area contributed by atoms with Gasteiger partial charge < -0.3 is 10.4 Å². The van der Waals surface area contributed by atoms with Crippen LogP contribution in [0, 0.1) is 5.82 Å². The van der Waals surface area contributed by atoms with E-state index in [1.54, 1.807) is 24.3 Å². The number of phenols is 1. The number of benzene rings is 2. The minimum atomic E-state index is -0.444. The molecule has 3 nitrogen and oxygen atoms in total. The summed E-state index contributed by atoms with van der Waals surface area (Å²) in [6.07, 6.45) is 0.0321. The van der Waals surface area contributed by atoms with Crippen LogP contribution in [0.25, 0.3) is 0 Å². The maximum absolute atomic E-state index is 13.3. The van der Waals surface area contributed by atoms with Crippen LogP contribution in [0.15, 0.2) is 46.9 Å². The Labute approximate surface area is 118 Å². The number of carbonyl (C=O) groups is 1. The van der Waals surface area contributed by atoms with Crippen molar-refractivity contribution in [2.24, 2.45) is 0 Å². The number of para-hydroxylation sites is 1. The Morgan fingerprint density at radius 3 is 2.68 bits per heavy atom. The lowest BCUT2D eigenvalue weighted by atomic mass is 10.1. The van der Waals surface area contributed by atoms with E-state index >= 15 is 0 Å². The van der Waals surface area contributed by atoms with E-state index in [1.165, 1.54) is 18.2 Å². The lowest BCUT2D eigenvalue weighted by Crippen LogP contribution is -2.14. The second kappa shape index (κ2) is 5.84. The third-order valence-electron chi connectivity index (χ3n) is 2.55. The highest BCUT2D eigenvalue weighted by molar-refractivity contribution is 9.10. The average Bonchev–Trinajstić information content (AvgIpc) is 2.37. The van der Waals surface area contributed by atoms with Crippen LogP contribution in [-0.2, 0) is 11.2 Å². The Kier molecular flexibility index (Phi) is 4.16. The summed E-state index contributed by atoms with van der Waals surface area (Å²) in [5, 5.41) is 12.1. The molecule has 0 saturated heterocycles. The molecule has 5 heteroatoms. The first-order valence-electron chi connectivity index (χ1n) is 5.58. The highest BCUT2D eigenvalue weighted by atomic mass is 79.9. The first-order chi connectivity index (χ1) is 9.06. The van der Waals surface area contributed by atoms with E-state index in [2.05, 4.69) is 21.2 Å². The molecule has 2 aromatic rings. The molecule has 1 amide bonds. The molecule has 2 aromatic carbocycles. The number of hydrogen-bond donors (Lipinski definition) is 2. The fraction of sp³-hybridized carbons (Fsp3) is 0.0714. The highest BCUT2D eigenvalue weighted by Crippen LogP contribution is 2.20. The second-order valence-electron chi connectivity index (χ2n) is 3.98. The van der Waals surface area contributed by atoms with Crippen molar-refractivity contribution in [3.8, 4) is 5.75 Å². The van der Waals surface area contributed by atoms with Gasteiger partial charge in [-0.1, -0.05) is 18.2 Å². The Hall–Kier alpha value is -1.88. The van der Waals surface area contributed by atoms with Crippen molar-refractivity contribution in [2.75, 3.05) is 5.32 Å². The van der Waals surface area contributed by atoms with E-state index in [1.807, 2.05) is 0 Å². The lowest BCUT2D eigenvalue weighted by Gasteiger charge is -2.07. The van der Waals surface area contributed by atoms with E-state index < -0.39 is 5.82 Å². The van der Waals surface area contributed by atoms with Gasteiger partial charge in [-0.2, -0.15) is 0 Å². The fourth-order valence-corrected chi connectivity index (χ4v) is 1.86. The third-order valence-corrected chi connectivity index (χ3v) is 3.19. The van der Waals surface area contributed by atoms with Gasteiger partial charge in [0.05, 0.1) is 10.9 Å². The number of aromatic hydroxyl groups is 1. The van der Waals surface area contributed by atoms with Crippen LogP contribution in [0.3, 0.4) is 0 Å². The number of phenolic OH excluding ortho intramolecular Hbond substituents is 1. The zero-order valence-electron chi connectivity index (χ0n) is 9.86. The van der Waals surface area contributed by atoms with E-state index in [0.717, 1.165) is 0 Å². The van der Waals surface area contributed by atoms with Gasteiger partial charge in [-0.3, -0.25) is 4.79 Å². The van der Waals surface area contributed by atoms with Crippen molar-refractivity contribution in [3.63, 3.8) is 0 Å². The monoisotopic (exact) mass is 323 g/mol. The molecule has 0 heterocycles. The normalized spacial score (nSPS) is 10.2. The Bertz CT molecular complexity index is 616. The molecule has 0 unspecified atom stereocenters. The summed E-state index contributed by atoms with van der Waals surface area (Å²) in [7, 11) is 0. The second-order valence-corrected chi connectivity index (χ2v) is 4.84. The van der Waals surface area contributed by atoms with Crippen molar-refractivity contribution in [1.29, 1.82) is 0 Å². The Balaban J connectivity index is 2.05.